The number of aromatic nitrogens is 4. The molecule has 6 nitrogen and oxygen atoms in total. The number of rotatable bonds is 7. The molecule has 0 fully saturated rings. The molecule has 7 heteroatoms. The van der Waals surface area contributed by atoms with Crippen LogP contribution in [-0.4, -0.2) is 33.5 Å². The van der Waals surface area contributed by atoms with E-state index < -0.39 is 0 Å². The third kappa shape index (κ3) is 3.58. The van der Waals surface area contributed by atoms with Crippen LogP contribution in [0.2, 0.25) is 0 Å². The molecule has 0 bridgehead atoms. The molecule has 0 atom stereocenters. The lowest BCUT2D eigenvalue weighted by Gasteiger charge is -2.07. The molecular weight excluding hydrogens is 348 g/mol. The van der Waals surface area contributed by atoms with Gasteiger partial charge in [0.15, 0.2) is 5.82 Å². The van der Waals surface area contributed by atoms with Crippen molar-refractivity contribution < 1.29 is 9.47 Å². The standard InChI is InChI=1S/C19H18N4O2S/c1-24-11-10-17-20-21-19-23(17)22-18(26-19)15-8-5-9-16(12-15)25-13-14-6-3-2-4-7-14/h2-9,12H,10-11,13H2,1H3. The fourth-order valence-corrected chi connectivity index (χ4v) is 3.44. The molecule has 0 aliphatic rings. The minimum absolute atomic E-state index is 0.538. The molecule has 132 valence electrons. The van der Waals surface area contributed by atoms with E-state index in [-0.39, 0.29) is 0 Å². The van der Waals surface area contributed by atoms with Crippen LogP contribution in [-0.2, 0) is 17.8 Å². The molecule has 2 aromatic heterocycles. The van der Waals surface area contributed by atoms with Gasteiger partial charge in [0.1, 0.15) is 17.4 Å². The summed E-state index contributed by atoms with van der Waals surface area (Å²) in [7, 11) is 1.67. The fourth-order valence-electron chi connectivity index (χ4n) is 2.58. The number of nitrogens with zero attached hydrogens (tertiary/aromatic N) is 4. The zero-order chi connectivity index (χ0) is 17.8. The van der Waals surface area contributed by atoms with Crippen LogP contribution >= 0.6 is 11.3 Å². The maximum Gasteiger partial charge on any atom is 0.234 e. The lowest BCUT2D eigenvalue weighted by molar-refractivity contribution is 0.200. The summed E-state index contributed by atoms with van der Waals surface area (Å²) in [5.41, 5.74) is 2.14. The average molecular weight is 366 g/mol. The Labute approximate surface area is 155 Å². The second-order valence-electron chi connectivity index (χ2n) is 5.76. The molecule has 0 unspecified atom stereocenters. The molecule has 0 aliphatic carbocycles. The Balaban J connectivity index is 1.54. The summed E-state index contributed by atoms with van der Waals surface area (Å²) in [6.45, 7) is 1.13. The van der Waals surface area contributed by atoms with Gasteiger partial charge in [-0.2, -0.15) is 9.61 Å². The minimum Gasteiger partial charge on any atom is -0.489 e. The Kier molecular flexibility index (Phi) is 4.90. The van der Waals surface area contributed by atoms with Crippen LogP contribution in [0.4, 0.5) is 0 Å². The Hall–Kier alpha value is -2.77. The second kappa shape index (κ2) is 7.63. The van der Waals surface area contributed by atoms with Gasteiger partial charge in [-0.1, -0.05) is 53.8 Å². The number of methoxy groups -OCH3 is 1. The van der Waals surface area contributed by atoms with Gasteiger partial charge in [-0.25, -0.2) is 0 Å². The van der Waals surface area contributed by atoms with Crippen molar-refractivity contribution in [3.63, 3.8) is 0 Å². The number of hydrogen-bond donors (Lipinski definition) is 0. The Morgan fingerprint density at radius 2 is 1.92 bits per heavy atom. The average Bonchev–Trinajstić information content (AvgIpc) is 3.27. The lowest BCUT2D eigenvalue weighted by atomic mass is 10.2. The molecule has 0 amide bonds. The topological polar surface area (TPSA) is 61.5 Å². The van der Waals surface area contributed by atoms with Crippen LogP contribution < -0.4 is 4.74 Å². The Morgan fingerprint density at radius 1 is 1.04 bits per heavy atom. The molecule has 0 spiro atoms. The molecule has 4 rings (SSSR count). The van der Waals surface area contributed by atoms with Gasteiger partial charge in [0.05, 0.1) is 6.61 Å². The third-order valence-corrected chi connectivity index (χ3v) is 4.86. The molecule has 2 heterocycles. The summed E-state index contributed by atoms with van der Waals surface area (Å²) in [6, 6.07) is 18.1. The first-order valence-corrected chi connectivity index (χ1v) is 9.12. The fraction of sp³-hybridized carbons (Fsp3) is 0.211. The summed E-state index contributed by atoms with van der Waals surface area (Å²) >= 11 is 1.51. The molecule has 0 radical (unpaired) electrons. The van der Waals surface area contributed by atoms with Crippen molar-refractivity contribution >= 4 is 16.3 Å². The summed E-state index contributed by atoms with van der Waals surface area (Å²) in [5, 5.41) is 13.9. The monoisotopic (exact) mass is 366 g/mol. The van der Waals surface area contributed by atoms with E-state index in [1.807, 2.05) is 54.6 Å². The van der Waals surface area contributed by atoms with E-state index in [2.05, 4.69) is 15.3 Å². The highest BCUT2D eigenvalue weighted by molar-refractivity contribution is 7.19. The van der Waals surface area contributed by atoms with Crippen LogP contribution in [0, 0.1) is 0 Å². The number of ether oxygens (including phenoxy) is 2. The van der Waals surface area contributed by atoms with Crippen LogP contribution in [0.5, 0.6) is 5.75 Å². The minimum atomic E-state index is 0.538. The predicted octanol–water partition coefficient (Wildman–Crippen LogP) is 3.62. The molecular formula is C19H18N4O2S. The van der Waals surface area contributed by atoms with Gasteiger partial charge in [-0.15, -0.1) is 10.2 Å². The summed E-state index contributed by atoms with van der Waals surface area (Å²) < 4.78 is 12.8. The first-order chi connectivity index (χ1) is 12.8. The normalized spacial score (nSPS) is 11.1. The smallest absolute Gasteiger partial charge is 0.234 e. The number of fused-ring (bicyclic) bond motifs is 1. The maximum absolute atomic E-state index is 5.91. The molecule has 0 N–H and O–H groups in total. The van der Waals surface area contributed by atoms with Crippen LogP contribution in [0.1, 0.15) is 11.4 Å². The molecule has 0 aliphatic heterocycles. The zero-order valence-corrected chi connectivity index (χ0v) is 15.1. The SMILES string of the molecule is COCCc1nnc2sc(-c3cccc(OCc4ccccc4)c3)nn12. The van der Waals surface area contributed by atoms with Crippen LogP contribution in [0.25, 0.3) is 15.5 Å². The summed E-state index contributed by atoms with van der Waals surface area (Å²) in [6.07, 6.45) is 0.682. The van der Waals surface area contributed by atoms with Gasteiger partial charge < -0.3 is 9.47 Å². The zero-order valence-electron chi connectivity index (χ0n) is 14.3. The van der Waals surface area contributed by atoms with E-state index in [9.17, 15) is 0 Å². The predicted molar refractivity (Wildman–Crippen MR) is 100 cm³/mol. The van der Waals surface area contributed by atoms with Crippen molar-refractivity contribution in [2.24, 2.45) is 0 Å². The van der Waals surface area contributed by atoms with Gasteiger partial charge in [-0.05, 0) is 17.7 Å². The number of hydrogen-bond acceptors (Lipinski definition) is 6. The van der Waals surface area contributed by atoms with Crippen molar-refractivity contribution in [2.75, 3.05) is 13.7 Å². The van der Waals surface area contributed by atoms with Crippen molar-refractivity contribution in [3.05, 3.63) is 66.0 Å². The second-order valence-corrected chi connectivity index (χ2v) is 6.72. The quantitative estimate of drug-likeness (QED) is 0.500. The first-order valence-electron chi connectivity index (χ1n) is 8.31. The largest absolute Gasteiger partial charge is 0.489 e. The van der Waals surface area contributed by atoms with Crippen molar-refractivity contribution in [1.29, 1.82) is 0 Å². The highest BCUT2D eigenvalue weighted by Gasteiger charge is 2.13. The van der Waals surface area contributed by atoms with Crippen LogP contribution in [0.15, 0.2) is 54.6 Å². The number of benzene rings is 2. The first kappa shape index (κ1) is 16.7. The van der Waals surface area contributed by atoms with E-state index in [0.29, 0.717) is 19.6 Å². The van der Waals surface area contributed by atoms with Crippen LogP contribution in [0.3, 0.4) is 0 Å². The van der Waals surface area contributed by atoms with Crippen molar-refractivity contribution in [1.82, 2.24) is 19.8 Å². The Bertz CT molecular complexity index is 997. The van der Waals surface area contributed by atoms with Gasteiger partial charge in [0.25, 0.3) is 0 Å². The van der Waals surface area contributed by atoms with Gasteiger partial charge in [0.2, 0.25) is 4.96 Å². The molecule has 4 aromatic rings. The van der Waals surface area contributed by atoms with Gasteiger partial charge in [-0.3, -0.25) is 0 Å². The van der Waals surface area contributed by atoms with E-state index in [4.69, 9.17) is 9.47 Å². The van der Waals surface area contributed by atoms with E-state index in [1.54, 1.807) is 11.6 Å². The Morgan fingerprint density at radius 3 is 2.77 bits per heavy atom. The van der Waals surface area contributed by atoms with Crippen molar-refractivity contribution in [2.45, 2.75) is 13.0 Å². The third-order valence-electron chi connectivity index (χ3n) is 3.91. The summed E-state index contributed by atoms with van der Waals surface area (Å²) in [5.74, 6) is 1.62. The van der Waals surface area contributed by atoms with Crippen molar-refractivity contribution in [3.8, 4) is 16.3 Å². The highest BCUT2D eigenvalue weighted by atomic mass is 32.1. The van der Waals surface area contributed by atoms with E-state index >= 15 is 0 Å². The van der Waals surface area contributed by atoms with Gasteiger partial charge in [0, 0.05) is 19.1 Å². The lowest BCUT2D eigenvalue weighted by Crippen LogP contribution is -2.01. The summed E-state index contributed by atoms with van der Waals surface area (Å²) in [4.78, 5) is 0.779. The highest BCUT2D eigenvalue weighted by Crippen LogP contribution is 2.28. The van der Waals surface area contributed by atoms with E-state index in [0.717, 1.165) is 32.7 Å². The van der Waals surface area contributed by atoms with Gasteiger partial charge >= 0.3 is 0 Å². The molecule has 0 saturated carbocycles. The van der Waals surface area contributed by atoms with E-state index in [1.165, 1.54) is 11.3 Å². The molecule has 0 saturated heterocycles. The molecule has 26 heavy (non-hydrogen) atoms. The molecule has 2 aromatic carbocycles. The maximum atomic E-state index is 5.91.